The van der Waals surface area contributed by atoms with Crippen LogP contribution in [0.5, 0.6) is 0 Å². The molecule has 0 spiro atoms. The fraction of sp³-hybridized carbons (Fsp3) is 0.143. The molecule has 3 rings (SSSR count). The van der Waals surface area contributed by atoms with Gasteiger partial charge in [-0.15, -0.1) is 22.7 Å². The van der Waals surface area contributed by atoms with Gasteiger partial charge in [-0.25, -0.2) is 4.39 Å². The van der Waals surface area contributed by atoms with Crippen LogP contribution in [0, 0.1) is 5.82 Å². The van der Waals surface area contributed by atoms with Crippen LogP contribution in [0.25, 0.3) is 9.40 Å². The summed E-state index contributed by atoms with van der Waals surface area (Å²) >= 11 is 3.51. The van der Waals surface area contributed by atoms with E-state index in [0.29, 0.717) is 0 Å². The van der Waals surface area contributed by atoms with Crippen molar-refractivity contribution in [2.75, 3.05) is 7.05 Å². The van der Waals surface area contributed by atoms with Crippen LogP contribution in [-0.4, -0.2) is 7.05 Å². The third-order valence-corrected chi connectivity index (χ3v) is 5.07. The van der Waals surface area contributed by atoms with E-state index in [1.807, 2.05) is 13.1 Å². The Morgan fingerprint density at radius 1 is 1.17 bits per heavy atom. The smallest absolute Gasteiger partial charge is 0.123 e. The third kappa shape index (κ3) is 2.07. The van der Waals surface area contributed by atoms with Crippen molar-refractivity contribution >= 4 is 32.1 Å². The van der Waals surface area contributed by atoms with Gasteiger partial charge >= 0.3 is 0 Å². The first-order chi connectivity index (χ1) is 8.78. The first-order valence-electron chi connectivity index (χ1n) is 5.67. The molecule has 0 fully saturated rings. The zero-order chi connectivity index (χ0) is 12.5. The molecule has 0 amide bonds. The van der Waals surface area contributed by atoms with E-state index in [1.54, 1.807) is 34.8 Å². The van der Waals surface area contributed by atoms with Crippen molar-refractivity contribution in [1.29, 1.82) is 0 Å². The van der Waals surface area contributed by atoms with Crippen molar-refractivity contribution in [1.82, 2.24) is 5.32 Å². The maximum absolute atomic E-state index is 13.3. The Kier molecular flexibility index (Phi) is 3.16. The zero-order valence-corrected chi connectivity index (χ0v) is 11.4. The summed E-state index contributed by atoms with van der Waals surface area (Å²) < 4.78 is 15.9. The van der Waals surface area contributed by atoms with Crippen LogP contribution < -0.4 is 5.32 Å². The Morgan fingerprint density at radius 3 is 2.78 bits per heavy atom. The minimum atomic E-state index is -0.189. The topological polar surface area (TPSA) is 12.0 Å². The fourth-order valence-electron chi connectivity index (χ4n) is 2.09. The molecule has 92 valence electrons. The molecule has 2 heterocycles. The van der Waals surface area contributed by atoms with Crippen molar-refractivity contribution in [3.05, 3.63) is 58.0 Å². The lowest BCUT2D eigenvalue weighted by Gasteiger charge is -2.14. The molecule has 0 bridgehead atoms. The molecule has 0 aliphatic carbocycles. The van der Waals surface area contributed by atoms with Crippen LogP contribution in [-0.2, 0) is 0 Å². The first kappa shape index (κ1) is 11.8. The Morgan fingerprint density at radius 2 is 2.06 bits per heavy atom. The van der Waals surface area contributed by atoms with Crippen LogP contribution in [0.15, 0.2) is 41.8 Å². The van der Waals surface area contributed by atoms with Gasteiger partial charge < -0.3 is 5.32 Å². The van der Waals surface area contributed by atoms with Crippen LogP contribution in [0.1, 0.15) is 16.5 Å². The summed E-state index contributed by atoms with van der Waals surface area (Å²) in [5.74, 6) is -0.189. The quantitative estimate of drug-likeness (QED) is 0.747. The number of halogens is 1. The van der Waals surface area contributed by atoms with Crippen molar-refractivity contribution in [2.45, 2.75) is 6.04 Å². The van der Waals surface area contributed by atoms with Gasteiger partial charge in [-0.05, 0) is 42.3 Å². The van der Waals surface area contributed by atoms with E-state index in [4.69, 9.17) is 0 Å². The van der Waals surface area contributed by atoms with Gasteiger partial charge in [0, 0.05) is 14.3 Å². The Hall–Kier alpha value is -1.23. The second kappa shape index (κ2) is 4.80. The monoisotopic (exact) mass is 277 g/mol. The maximum atomic E-state index is 13.3. The highest BCUT2D eigenvalue weighted by Crippen LogP contribution is 2.35. The average molecular weight is 277 g/mol. The summed E-state index contributed by atoms with van der Waals surface area (Å²) in [6.07, 6.45) is 0. The summed E-state index contributed by atoms with van der Waals surface area (Å²) in [5.41, 5.74) is 0.964. The molecule has 0 saturated carbocycles. The minimum Gasteiger partial charge on any atom is -0.309 e. The third-order valence-electron chi connectivity index (χ3n) is 2.91. The second-order valence-corrected chi connectivity index (χ2v) is 6.14. The lowest BCUT2D eigenvalue weighted by molar-refractivity contribution is 0.618. The van der Waals surface area contributed by atoms with E-state index in [-0.39, 0.29) is 11.9 Å². The van der Waals surface area contributed by atoms with Crippen molar-refractivity contribution < 1.29 is 4.39 Å². The normalized spacial score (nSPS) is 13.0. The molecule has 0 radical (unpaired) electrons. The number of hydrogen-bond acceptors (Lipinski definition) is 3. The number of thiophene rings is 2. The fourth-order valence-corrected chi connectivity index (χ4v) is 4.34. The largest absolute Gasteiger partial charge is 0.309 e. The van der Waals surface area contributed by atoms with Crippen LogP contribution >= 0.6 is 22.7 Å². The Labute approximate surface area is 113 Å². The molecule has 1 atom stereocenters. The molecular formula is C14H12FNS2. The van der Waals surface area contributed by atoms with Crippen LogP contribution in [0.4, 0.5) is 4.39 Å². The minimum absolute atomic E-state index is 0.0605. The van der Waals surface area contributed by atoms with E-state index in [0.717, 1.165) is 5.56 Å². The predicted molar refractivity (Wildman–Crippen MR) is 77.0 cm³/mol. The van der Waals surface area contributed by atoms with Crippen LogP contribution in [0.3, 0.4) is 0 Å². The number of rotatable bonds is 3. The zero-order valence-electron chi connectivity index (χ0n) is 9.81. The summed E-state index contributed by atoms with van der Waals surface area (Å²) in [5, 5.41) is 5.36. The summed E-state index contributed by atoms with van der Waals surface area (Å²) in [7, 11) is 1.91. The first-order valence-corrected chi connectivity index (χ1v) is 7.37. The van der Waals surface area contributed by atoms with E-state index >= 15 is 0 Å². The molecule has 0 aliphatic rings. The Balaban J connectivity index is 2.04. The lowest BCUT2D eigenvalue weighted by atomic mass is 10.1. The molecule has 0 saturated heterocycles. The van der Waals surface area contributed by atoms with E-state index < -0.39 is 0 Å². The Bertz CT molecular complexity index is 643. The highest BCUT2D eigenvalue weighted by molar-refractivity contribution is 7.27. The lowest BCUT2D eigenvalue weighted by Crippen LogP contribution is -2.16. The van der Waals surface area contributed by atoms with Gasteiger partial charge in [-0.2, -0.15) is 0 Å². The number of hydrogen-bond donors (Lipinski definition) is 1. The van der Waals surface area contributed by atoms with Gasteiger partial charge in [0.15, 0.2) is 0 Å². The standard InChI is InChI=1S/C14H12FNS2/c1-16-14(9-3-2-4-10(15)7-9)13-8-12-11(18-13)5-6-17-12/h2-8,14,16H,1H3. The molecule has 18 heavy (non-hydrogen) atoms. The van der Waals surface area contributed by atoms with E-state index in [2.05, 4.69) is 22.8 Å². The number of benzene rings is 1. The molecule has 0 aliphatic heterocycles. The van der Waals surface area contributed by atoms with Crippen molar-refractivity contribution in [3.8, 4) is 0 Å². The molecule has 1 unspecified atom stereocenters. The molecule has 3 aromatic rings. The van der Waals surface area contributed by atoms with E-state index in [1.165, 1.54) is 20.3 Å². The van der Waals surface area contributed by atoms with Gasteiger partial charge in [-0.3, -0.25) is 0 Å². The SMILES string of the molecule is CNC(c1cccc(F)c1)c1cc2sccc2s1. The molecular weight excluding hydrogens is 265 g/mol. The molecule has 1 N–H and O–H groups in total. The van der Waals surface area contributed by atoms with Gasteiger partial charge in [0.25, 0.3) is 0 Å². The van der Waals surface area contributed by atoms with Crippen molar-refractivity contribution in [3.63, 3.8) is 0 Å². The van der Waals surface area contributed by atoms with Crippen molar-refractivity contribution in [2.24, 2.45) is 0 Å². The molecule has 4 heteroatoms. The summed E-state index contributed by atoms with van der Waals surface area (Å²) in [6.45, 7) is 0. The number of fused-ring (bicyclic) bond motifs is 1. The molecule has 2 aromatic heterocycles. The maximum Gasteiger partial charge on any atom is 0.123 e. The summed E-state index contributed by atoms with van der Waals surface area (Å²) in [4.78, 5) is 1.23. The highest BCUT2D eigenvalue weighted by Gasteiger charge is 2.15. The summed E-state index contributed by atoms with van der Waals surface area (Å²) in [6, 6.07) is 11.2. The second-order valence-electron chi connectivity index (χ2n) is 4.07. The van der Waals surface area contributed by atoms with E-state index in [9.17, 15) is 4.39 Å². The average Bonchev–Trinajstić information content (AvgIpc) is 2.91. The molecule has 1 nitrogen and oxygen atoms in total. The van der Waals surface area contributed by atoms with Crippen LogP contribution in [0.2, 0.25) is 0 Å². The highest BCUT2D eigenvalue weighted by atomic mass is 32.1. The molecule has 1 aromatic carbocycles. The van der Waals surface area contributed by atoms with Gasteiger partial charge in [0.2, 0.25) is 0 Å². The van der Waals surface area contributed by atoms with Gasteiger partial charge in [-0.1, -0.05) is 12.1 Å². The number of nitrogens with one attached hydrogen (secondary N) is 1. The van der Waals surface area contributed by atoms with Gasteiger partial charge in [0.1, 0.15) is 5.82 Å². The predicted octanol–water partition coefficient (Wildman–Crippen LogP) is 4.41. The van der Waals surface area contributed by atoms with Gasteiger partial charge in [0.05, 0.1) is 6.04 Å².